The van der Waals surface area contributed by atoms with Crippen molar-refractivity contribution in [3.05, 3.63) is 63.8 Å². The van der Waals surface area contributed by atoms with Gasteiger partial charge in [0.15, 0.2) is 11.5 Å². The molecule has 0 saturated carbocycles. The highest BCUT2D eigenvalue weighted by molar-refractivity contribution is 7.12. The van der Waals surface area contributed by atoms with Gasteiger partial charge in [-0.2, -0.15) is 0 Å². The van der Waals surface area contributed by atoms with Crippen LogP contribution in [0.4, 0.5) is 0 Å². The number of benzene rings is 3. The first kappa shape index (κ1) is 21.4. The maximum atomic E-state index is 12.6. The van der Waals surface area contributed by atoms with E-state index in [1.54, 1.807) is 20.3 Å². The molecular formula is C28H27NO4S. The topological polar surface area (TPSA) is 48.0 Å². The molecule has 0 spiro atoms. The zero-order valence-corrected chi connectivity index (χ0v) is 20.2. The molecule has 1 aromatic heterocycles. The van der Waals surface area contributed by atoms with Gasteiger partial charge >= 0.3 is 5.97 Å². The van der Waals surface area contributed by atoms with Crippen LogP contribution in [0.5, 0.6) is 17.2 Å². The molecule has 0 radical (unpaired) electrons. The van der Waals surface area contributed by atoms with Gasteiger partial charge in [-0.1, -0.05) is 18.6 Å². The Labute approximate surface area is 202 Å². The average molecular weight is 474 g/mol. The van der Waals surface area contributed by atoms with Crippen molar-refractivity contribution in [2.24, 2.45) is 0 Å². The normalized spacial score (nSPS) is 17.9. The summed E-state index contributed by atoms with van der Waals surface area (Å²) in [6, 6.07) is 14.5. The molecule has 174 valence electrons. The summed E-state index contributed by atoms with van der Waals surface area (Å²) in [5, 5.41) is 6.47. The SMILES string of the molecule is COc1cc2c3c(c4ccc(OC(=O)c5cccs5)cc4c2cc1OC)CN1CCCCC1C3. The Morgan fingerprint density at radius 2 is 1.74 bits per heavy atom. The summed E-state index contributed by atoms with van der Waals surface area (Å²) in [4.78, 5) is 15.8. The lowest BCUT2D eigenvalue weighted by atomic mass is 9.82. The maximum Gasteiger partial charge on any atom is 0.353 e. The van der Waals surface area contributed by atoms with Gasteiger partial charge in [-0.3, -0.25) is 4.90 Å². The van der Waals surface area contributed by atoms with Crippen LogP contribution in [-0.4, -0.2) is 37.7 Å². The fourth-order valence-corrected chi connectivity index (χ4v) is 6.25. The van der Waals surface area contributed by atoms with E-state index in [-0.39, 0.29) is 5.97 Å². The van der Waals surface area contributed by atoms with Crippen molar-refractivity contribution in [1.29, 1.82) is 0 Å². The third-order valence-electron chi connectivity index (χ3n) is 7.30. The van der Waals surface area contributed by atoms with Gasteiger partial charge in [0.05, 0.1) is 14.2 Å². The maximum absolute atomic E-state index is 12.6. The zero-order valence-electron chi connectivity index (χ0n) is 19.4. The zero-order chi connectivity index (χ0) is 23.2. The lowest BCUT2D eigenvalue weighted by molar-refractivity contribution is 0.0740. The van der Waals surface area contributed by atoms with E-state index < -0.39 is 0 Å². The third-order valence-corrected chi connectivity index (χ3v) is 8.15. The molecule has 34 heavy (non-hydrogen) atoms. The Morgan fingerprint density at radius 1 is 0.941 bits per heavy atom. The molecule has 3 aromatic carbocycles. The highest BCUT2D eigenvalue weighted by Gasteiger charge is 2.31. The fourth-order valence-electron chi connectivity index (χ4n) is 5.65. The van der Waals surface area contributed by atoms with E-state index in [9.17, 15) is 4.79 Å². The molecule has 1 atom stereocenters. The molecule has 3 heterocycles. The summed E-state index contributed by atoms with van der Waals surface area (Å²) in [6.45, 7) is 2.11. The van der Waals surface area contributed by atoms with E-state index in [0.29, 0.717) is 22.4 Å². The number of methoxy groups -OCH3 is 2. The molecule has 1 saturated heterocycles. The van der Waals surface area contributed by atoms with E-state index in [2.05, 4.69) is 23.1 Å². The highest BCUT2D eigenvalue weighted by atomic mass is 32.1. The molecule has 2 aliphatic heterocycles. The molecule has 2 aliphatic rings. The number of rotatable bonds is 4. The number of thiophene rings is 1. The number of esters is 1. The van der Waals surface area contributed by atoms with E-state index in [1.165, 1.54) is 52.5 Å². The first-order chi connectivity index (χ1) is 16.7. The molecule has 0 aliphatic carbocycles. The predicted octanol–water partition coefficient (Wildman–Crippen LogP) is 6.20. The summed E-state index contributed by atoms with van der Waals surface area (Å²) >= 11 is 1.38. The minimum Gasteiger partial charge on any atom is -0.493 e. The Hall–Kier alpha value is -3.09. The molecule has 0 amide bonds. The summed E-state index contributed by atoms with van der Waals surface area (Å²) in [5.74, 6) is 1.66. The lowest BCUT2D eigenvalue weighted by Crippen LogP contribution is -2.43. The molecule has 1 fully saturated rings. The first-order valence-electron chi connectivity index (χ1n) is 11.8. The van der Waals surface area contributed by atoms with E-state index >= 15 is 0 Å². The van der Waals surface area contributed by atoms with Crippen molar-refractivity contribution >= 4 is 38.9 Å². The number of hydrogen-bond acceptors (Lipinski definition) is 6. The fraction of sp³-hybridized carbons (Fsp3) is 0.321. The van der Waals surface area contributed by atoms with Crippen molar-refractivity contribution < 1.29 is 19.0 Å². The minimum absolute atomic E-state index is 0.327. The van der Waals surface area contributed by atoms with E-state index in [0.717, 1.165) is 36.0 Å². The number of piperidine rings is 1. The highest BCUT2D eigenvalue weighted by Crippen LogP contribution is 2.44. The lowest BCUT2D eigenvalue weighted by Gasteiger charge is -2.41. The predicted molar refractivity (Wildman–Crippen MR) is 136 cm³/mol. The molecule has 0 N–H and O–H groups in total. The van der Waals surface area contributed by atoms with Crippen molar-refractivity contribution in [3.8, 4) is 17.2 Å². The summed E-state index contributed by atoms with van der Waals surface area (Å²) in [5.41, 5.74) is 2.79. The molecule has 0 bridgehead atoms. The standard InChI is InChI=1S/C28H27NO4S/c1-31-25-14-22-20-12-17-6-3-4-10-29(17)16-24(20)19-9-8-18(33-28(30)27-7-5-11-34-27)13-21(19)23(22)15-26(25)32-2/h5,7-9,11,13-15,17H,3-4,6,10,12,16H2,1-2H3. The van der Waals surface area contributed by atoms with Crippen LogP contribution in [0, 0.1) is 0 Å². The Balaban J connectivity index is 1.56. The van der Waals surface area contributed by atoms with Crippen molar-refractivity contribution in [3.63, 3.8) is 0 Å². The monoisotopic (exact) mass is 473 g/mol. The van der Waals surface area contributed by atoms with Gasteiger partial charge in [0.1, 0.15) is 10.6 Å². The third kappa shape index (κ3) is 3.53. The van der Waals surface area contributed by atoms with Crippen LogP contribution < -0.4 is 14.2 Å². The Bertz CT molecular complexity index is 1400. The number of ether oxygens (including phenoxy) is 3. The second-order valence-electron chi connectivity index (χ2n) is 9.11. The molecule has 6 rings (SSSR count). The number of fused-ring (bicyclic) bond motifs is 7. The number of hydrogen-bond donors (Lipinski definition) is 0. The smallest absolute Gasteiger partial charge is 0.353 e. The second kappa shape index (κ2) is 8.60. The minimum atomic E-state index is -0.327. The van der Waals surface area contributed by atoms with Gasteiger partial charge in [-0.25, -0.2) is 4.79 Å². The van der Waals surface area contributed by atoms with Gasteiger partial charge < -0.3 is 14.2 Å². The van der Waals surface area contributed by atoms with Crippen LogP contribution in [0.15, 0.2) is 47.8 Å². The Kier molecular flexibility index (Phi) is 5.42. The van der Waals surface area contributed by atoms with Gasteiger partial charge in [0.25, 0.3) is 0 Å². The van der Waals surface area contributed by atoms with Crippen LogP contribution in [0.3, 0.4) is 0 Å². The van der Waals surface area contributed by atoms with Gasteiger partial charge in [-0.15, -0.1) is 11.3 Å². The molecule has 1 unspecified atom stereocenters. The summed E-state index contributed by atoms with van der Waals surface area (Å²) < 4.78 is 17.1. The van der Waals surface area contributed by atoms with Gasteiger partial charge in [0, 0.05) is 12.6 Å². The average Bonchev–Trinajstić information content (AvgIpc) is 3.42. The first-order valence-corrected chi connectivity index (χ1v) is 12.7. The van der Waals surface area contributed by atoms with Crippen LogP contribution in [0.1, 0.15) is 40.1 Å². The van der Waals surface area contributed by atoms with Crippen LogP contribution in [-0.2, 0) is 13.0 Å². The summed E-state index contributed by atoms with van der Waals surface area (Å²) in [6.07, 6.45) is 4.87. The van der Waals surface area contributed by atoms with Gasteiger partial charge in [-0.05, 0) is 94.2 Å². The second-order valence-corrected chi connectivity index (χ2v) is 10.1. The van der Waals surface area contributed by atoms with Crippen LogP contribution in [0.25, 0.3) is 21.5 Å². The van der Waals surface area contributed by atoms with E-state index in [4.69, 9.17) is 14.2 Å². The number of carbonyl (C=O) groups excluding carboxylic acids is 1. The molecule has 6 heteroatoms. The van der Waals surface area contributed by atoms with Crippen LogP contribution >= 0.6 is 11.3 Å². The number of nitrogens with zero attached hydrogens (tertiary/aromatic N) is 1. The quantitative estimate of drug-likeness (QED) is 0.201. The van der Waals surface area contributed by atoms with E-state index in [1.807, 2.05) is 23.6 Å². The van der Waals surface area contributed by atoms with Crippen LogP contribution in [0.2, 0.25) is 0 Å². The Morgan fingerprint density at radius 3 is 2.50 bits per heavy atom. The molecule has 4 aromatic rings. The van der Waals surface area contributed by atoms with Crippen molar-refractivity contribution in [2.45, 2.75) is 38.3 Å². The molecular weight excluding hydrogens is 446 g/mol. The summed E-state index contributed by atoms with van der Waals surface area (Å²) in [7, 11) is 3.35. The van der Waals surface area contributed by atoms with Crippen molar-refractivity contribution in [2.75, 3.05) is 20.8 Å². The number of carbonyl (C=O) groups is 1. The van der Waals surface area contributed by atoms with Crippen molar-refractivity contribution in [1.82, 2.24) is 4.90 Å². The molecule has 5 nitrogen and oxygen atoms in total. The van der Waals surface area contributed by atoms with Gasteiger partial charge in [0.2, 0.25) is 0 Å². The largest absolute Gasteiger partial charge is 0.493 e.